The van der Waals surface area contributed by atoms with Crippen LogP contribution in [0.2, 0.25) is 0 Å². The van der Waals surface area contributed by atoms with E-state index in [0.717, 1.165) is 0 Å². The lowest BCUT2D eigenvalue weighted by molar-refractivity contribution is -0.144. The van der Waals surface area contributed by atoms with Crippen molar-refractivity contribution in [1.82, 2.24) is 25.9 Å². The molecule has 0 aliphatic heterocycles. The number of aromatic nitrogens is 2. The summed E-state index contributed by atoms with van der Waals surface area (Å²) in [4.78, 5) is 55.5. The van der Waals surface area contributed by atoms with Gasteiger partial charge in [-0.25, -0.2) is 9.78 Å². The number of hydrogen-bond acceptors (Lipinski definition) is 8. The van der Waals surface area contributed by atoms with E-state index in [2.05, 4.69) is 25.9 Å². The van der Waals surface area contributed by atoms with Gasteiger partial charge in [0.2, 0.25) is 17.7 Å². The van der Waals surface area contributed by atoms with Gasteiger partial charge in [0, 0.05) is 18.3 Å². The number of nitrogens with two attached hydrogens (primary N) is 1. The van der Waals surface area contributed by atoms with Crippen LogP contribution in [0.1, 0.15) is 33.4 Å². The fraction of sp³-hybridized carbons (Fsp3) is 0.632. The molecule has 1 heterocycles. The van der Waals surface area contributed by atoms with Gasteiger partial charge in [0.15, 0.2) is 0 Å². The number of imidazole rings is 1. The van der Waals surface area contributed by atoms with Crippen LogP contribution in [0.15, 0.2) is 12.5 Å². The Labute approximate surface area is 185 Å². The van der Waals surface area contributed by atoms with Crippen molar-refractivity contribution in [3.63, 3.8) is 0 Å². The number of nitrogens with one attached hydrogen (secondary N) is 4. The van der Waals surface area contributed by atoms with Crippen molar-refractivity contribution in [3.05, 3.63) is 18.2 Å². The summed E-state index contributed by atoms with van der Waals surface area (Å²) in [7, 11) is 0. The van der Waals surface area contributed by atoms with Crippen LogP contribution in [0.5, 0.6) is 0 Å². The van der Waals surface area contributed by atoms with Crippen molar-refractivity contribution >= 4 is 23.7 Å². The number of carboxylic acid groups (broad SMARTS) is 1. The average molecular weight is 457 g/mol. The van der Waals surface area contributed by atoms with Crippen LogP contribution in [-0.4, -0.2) is 85.4 Å². The molecule has 6 atom stereocenters. The van der Waals surface area contributed by atoms with Gasteiger partial charge in [-0.1, -0.05) is 13.8 Å². The van der Waals surface area contributed by atoms with E-state index in [4.69, 9.17) is 5.73 Å². The topological polar surface area (TPSA) is 220 Å². The zero-order valence-corrected chi connectivity index (χ0v) is 18.4. The first-order chi connectivity index (χ1) is 14.8. The maximum absolute atomic E-state index is 12.7. The molecule has 0 spiro atoms. The molecule has 1 rings (SSSR count). The fourth-order valence-electron chi connectivity index (χ4n) is 2.80. The molecule has 0 aliphatic carbocycles. The van der Waals surface area contributed by atoms with Gasteiger partial charge < -0.3 is 42.0 Å². The second-order valence-electron chi connectivity index (χ2n) is 7.91. The minimum atomic E-state index is -1.53. The highest BCUT2D eigenvalue weighted by Gasteiger charge is 2.35. The van der Waals surface area contributed by atoms with Crippen molar-refractivity contribution < 1.29 is 34.5 Å². The molecular weight excluding hydrogens is 424 g/mol. The first-order valence-electron chi connectivity index (χ1n) is 10.1. The van der Waals surface area contributed by atoms with Gasteiger partial charge in [-0.15, -0.1) is 0 Å². The first-order valence-corrected chi connectivity index (χ1v) is 10.1. The third-order valence-electron chi connectivity index (χ3n) is 4.69. The van der Waals surface area contributed by atoms with E-state index in [1.807, 2.05) is 0 Å². The van der Waals surface area contributed by atoms with Gasteiger partial charge in [-0.2, -0.15) is 0 Å². The maximum atomic E-state index is 12.7. The molecule has 13 nitrogen and oxygen atoms in total. The van der Waals surface area contributed by atoms with E-state index in [0.29, 0.717) is 5.69 Å². The predicted octanol–water partition coefficient (Wildman–Crippen LogP) is -2.76. The monoisotopic (exact) mass is 456 g/mol. The molecule has 6 unspecified atom stereocenters. The summed E-state index contributed by atoms with van der Waals surface area (Å²) in [5, 5.41) is 36.0. The van der Waals surface area contributed by atoms with Gasteiger partial charge in [-0.3, -0.25) is 14.4 Å². The third kappa shape index (κ3) is 7.90. The van der Waals surface area contributed by atoms with Crippen LogP contribution < -0.4 is 21.7 Å². The van der Waals surface area contributed by atoms with Crippen molar-refractivity contribution in [2.75, 3.05) is 0 Å². The second-order valence-corrected chi connectivity index (χ2v) is 7.91. The Balaban J connectivity index is 2.87. The molecule has 32 heavy (non-hydrogen) atoms. The van der Waals surface area contributed by atoms with Gasteiger partial charge in [0.1, 0.15) is 18.1 Å². The zero-order valence-electron chi connectivity index (χ0n) is 18.4. The molecule has 0 aliphatic rings. The largest absolute Gasteiger partial charge is 0.480 e. The molecule has 0 aromatic carbocycles. The molecule has 0 bridgehead atoms. The van der Waals surface area contributed by atoms with E-state index in [1.165, 1.54) is 26.4 Å². The lowest BCUT2D eigenvalue weighted by Crippen LogP contribution is -2.62. The molecule has 1 aromatic rings. The van der Waals surface area contributed by atoms with E-state index < -0.39 is 66.0 Å². The van der Waals surface area contributed by atoms with Crippen molar-refractivity contribution in [3.8, 4) is 0 Å². The smallest absolute Gasteiger partial charge is 0.326 e. The summed E-state index contributed by atoms with van der Waals surface area (Å²) in [6.45, 7) is 5.65. The summed E-state index contributed by atoms with van der Waals surface area (Å²) in [5.41, 5.74) is 6.43. The van der Waals surface area contributed by atoms with Crippen molar-refractivity contribution in [2.24, 2.45) is 11.7 Å². The molecule has 3 amide bonds. The number of carbonyl (C=O) groups is 4. The number of aliphatic hydroxyl groups excluding tert-OH is 2. The lowest BCUT2D eigenvalue weighted by atomic mass is 10.0. The summed E-state index contributed by atoms with van der Waals surface area (Å²) >= 11 is 0. The van der Waals surface area contributed by atoms with Crippen LogP contribution in [0.4, 0.5) is 0 Å². The zero-order chi connectivity index (χ0) is 24.6. The van der Waals surface area contributed by atoms with E-state index in [9.17, 15) is 34.5 Å². The Morgan fingerprint density at radius 2 is 1.41 bits per heavy atom. The summed E-state index contributed by atoms with van der Waals surface area (Å²) in [5.74, 6) is -4.35. The molecule has 1 aromatic heterocycles. The second kappa shape index (κ2) is 12.1. The van der Waals surface area contributed by atoms with E-state index in [1.54, 1.807) is 13.8 Å². The summed E-state index contributed by atoms with van der Waals surface area (Å²) in [6.07, 6.45) is 0.248. The minimum Gasteiger partial charge on any atom is -0.480 e. The van der Waals surface area contributed by atoms with Gasteiger partial charge in [0.25, 0.3) is 0 Å². The van der Waals surface area contributed by atoms with Crippen LogP contribution in [0.25, 0.3) is 0 Å². The van der Waals surface area contributed by atoms with E-state index >= 15 is 0 Å². The number of nitrogens with zero attached hydrogens (tertiary/aromatic N) is 1. The fourth-order valence-corrected chi connectivity index (χ4v) is 2.80. The molecular formula is C19H32N6O7. The number of carboxylic acids is 1. The molecule has 180 valence electrons. The number of amides is 3. The quantitative estimate of drug-likeness (QED) is 0.163. The minimum absolute atomic E-state index is 0.102. The highest BCUT2D eigenvalue weighted by molar-refractivity contribution is 5.94. The molecule has 0 saturated carbocycles. The number of hydrogen-bond donors (Lipinski definition) is 8. The molecule has 0 fully saturated rings. The molecule has 9 N–H and O–H groups in total. The van der Waals surface area contributed by atoms with Crippen molar-refractivity contribution in [2.45, 2.75) is 70.5 Å². The number of rotatable bonds is 12. The number of aliphatic hydroxyl groups is 2. The van der Waals surface area contributed by atoms with Gasteiger partial charge in [-0.05, 0) is 19.8 Å². The predicted molar refractivity (Wildman–Crippen MR) is 112 cm³/mol. The van der Waals surface area contributed by atoms with E-state index in [-0.39, 0.29) is 6.42 Å². The number of H-pyrrole nitrogens is 1. The van der Waals surface area contributed by atoms with Crippen LogP contribution in [0, 0.1) is 5.92 Å². The standard InChI is InChI=1S/C19H32N6O7/c1-8(2)13(19(31)32)23-17(29)15(10(4)27)25-18(30)14(9(3)26)24-16(28)12(20)5-11-6-21-7-22-11/h6-10,12-15,26-27H,5,20H2,1-4H3,(H,21,22)(H,23,29)(H,24,28)(H,25,30)(H,31,32). The Kier molecular flexibility index (Phi) is 10.2. The van der Waals surface area contributed by atoms with Gasteiger partial charge >= 0.3 is 5.97 Å². The average Bonchev–Trinajstić information content (AvgIpc) is 3.19. The highest BCUT2D eigenvalue weighted by atomic mass is 16.4. The van der Waals surface area contributed by atoms with Crippen LogP contribution in [-0.2, 0) is 25.6 Å². The lowest BCUT2D eigenvalue weighted by Gasteiger charge is -2.28. The Morgan fingerprint density at radius 1 is 0.938 bits per heavy atom. The third-order valence-corrected chi connectivity index (χ3v) is 4.69. The normalized spacial score (nSPS) is 16.9. The summed E-state index contributed by atoms with van der Waals surface area (Å²) in [6, 6.07) is -5.30. The Morgan fingerprint density at radius 3 is 1.78 bits per heavy atom. The van der Waals surface area contributed by atoms with Crippen LogP contribution >= 0.6 is 0 Å². The van der Waals surface area contributed by atoms with Crippen LogP contribution in [0.3, 0.4) is 0 Å². The number of carbonyl (C=O) groups excluding carboxylic acids is 3. The maximum Gasteiger partial charge on any atom is 0.326 e. The van der Waals surface area contributed by atoms with Gasteiger partial charge in [0.05, 0.1) is 24.6 Å². The first kappa shape index (κ1) is 27.0. The molecule has 0 saturated heterocycles. The highest BCUT2D eigenvalue weighted by Crippen LogP contribution is 2.05. The SMILES string of the molecule is CC(C)C(NC(=O)C(NC(=O)C(NC(=O)C(N)Cc1cnc[nH]1)C(C)O)C(C)O)C(=O)O. The summed E-state index contributed by atoms with van der Waals surface area (Å²) < 4.78 is 0. The Hall–Kier alpha value is -3.03. The number of aliphatic carboxylic acids is 1. The molecule has 0 radical (unpaired) electrons. The van der Waals surface area contributed by atoms with Crippen molar-refractivity contribution in [1.29, 1.82) is 0 Å². The molecule has 13 heteroatoms. The Bertz CT molecular complexity index is 781. The number of aromatic amines is 1.